The predicted octanol–water partition coefficient (Wildman–Crippen LogP) is 3.24. The number of hydrogen-bond acceptors (Lipinski definition) is 2. The molecule has 0 bridgehead atoms. The zero-order valence-corrected chi connectivity index (χ0v) is 12.9. The quantitative estimate of drug-likeness (QED) is 0.672. The summed E-state index contributed by atoms with van der Waals surface area (Å²) in [6.07, 6.45) is 5.35. The van der Waals surface area contributed by atoms with Crippen molar-refractivity contribution in [2.75, 3.05) is 11.9 Å². The maximum Gasteiger partial charge on any atom is 0.193 e. The number of aromatic nitrogens is 1. The Morgan fingerprint density at radius 3 is 2.77 bits per heavy atom. The minimum atomic E-state index is 0.0696. The normalized spacial score (nSPS) is 16.9. The van der Waals surface area contributed by atoms with Crippen LogP contribution in [0, 0.1) is 6.92 Å². The van der Waals surface area contributed by atoms with Crippen LogP contribution in [0.5, 0.6) is 0 Å². The second-order valence-electron chi connectivity index (χ2n) is 6.04. The summed E-state index contributed by atoms with van der Waals surface area (Å²) >= 11 is 0. The zero-order chi connectivity index (χ0) is 15.4. The summed E-state index contributed by atoms with van der Waals surface area (Å²) in [5.41, 5.74) is 9.41. The molecule has 4 heteroatoms. The molecule has 114 valence electrons. The summed E-state index contributed by atoms with van der Waals surface area (Å²) in [5.74, 6) is 0.466. The van der Waals surface area contributed by atoms with Gasteiger partial charge in [0.15, 0.2) is 5.96 Å². The third-order valence-electron chi connectivity index (χ3n) is 4.36. The van der Waals surface area contributed by atoms with E-state index in [4.69, 9.17) is 5.73 Å². The van der Waals surface area contributed by atoms with Crippen molar-refractivity contribution in [3.05, 3.63) is 59.9 Å². The number of anilines is 1. The first-order valence-corrected chi connectivity index (χ1v) is 7.73. The summed E-state index contributed by atoms with van der Waals surface area (Å²) in [5, 5.41) is 3.16. The van der Waals surface area contributed by atoms with Gasteiger partial charge in [-0.25, -0.2) is 0 Å². The van der Waals surface area contributed by atoms with Crippen molar-refractivity contribution < 1.29 is 0 Å². The summed E-state index contributed by atoms with van der Waals surface area (Å²) in [7, 11) is 0. The molecule has 0 saturated heterocycles. The molecule has 1 saturated carbocycles. The van der Waals surface area contributed by atoms with Crippen molar-refractivity contribution >= 4 is 11.6 Å². The molecule has 1 heterocycles. The Morgan fingerprint density at radius 2 is 2.14 bits per heavy atom. The molecule has 3 rings (SSSR count). The van der Waals surface area contributed by atoms with Gasteiger partial charge >= 0.3 is 0 Å². The molecule has 0 aliphatic heterocycles. The maximum atomic E-state index is 6.04. The third-order valence-corrected chi connectivity index (χ3v) is 4.36. The maximum absolute atomic E-state index is 6.04. The van der Waals surface area contributed by atoms with Gasteiger partial charge in [-0.15, -0.1) is 0 Å². The van der Waals surface area contributed by atoms with Crippen LogP contribution < -0.4 is 11.1 Å². The number of hydrogen-bond donors (Lipinski definition) is 2. The van der Waals surface area contributed by atoms with Gasteiger partial charge in [-0.3, -0.25) is 9.98 Å². The summed E-state index contributed by atoms with van der Waals surface area (Å²) < 4.78 is 0. The highest BCUT2D eigenvalue weighted by molar-refractivity contribution is 5.92. The van der Waals surface area contributed by atoms with E-state index in [0.29, 0.717) is 12.5 Å². The van der Waals surface area contributed by atoms with Crippen LogP contribution in [0.3, 0.4) is 0 Å². The number of pyridine rings is 1. The van der Waals surface area contributed by atoms with Crippen molar-refractivity contribution in [3.63, 3.8) is 0 Å². The number of rotatable bonds is 4. The minimum absolute atomic E-state index is 0.0696. The smallest absolute Gasteiger partial charge is 0.193 e. The fourth-order valence-corrected chi connectivity index (χ4v) is 2.92. The molecule has 0 atom stereocenters. The van der Waals surface area contributed by atoms with Crippen LogP contribution in [0.1, 0.15) is 30.5 Å². The lowest BCUT2D eigenvalue weighted by atomic mass is 9.66. The number of nitrogens with zero attached hydrogens (tertiary/aromatic N) is 2. The molecule has 0 unspecified atom stereocenters. The molecule has 2 aromatic rings. The van der Waals surface area contributed by atoms with E-state index in [0.717, 1.165) is 24.2 Å². The number of nitrogens with two attached hydrogens (primary N) is 1. The third kappa shape index (κ3) is 3.11. The molecular formula is C18H22N4. The van der Waals surface area contributed by atoms with Gasteiger partial charge < -0.3 is 11.1 Å². The van der Waals surface area contributed by atoms with E-state index < -0.39 is 0 Å². The molecule has 1 aromatic heterocycles. The van der Waals surface area contributed by atoms with E-state index in [1.54, 1.807) is 0 Å². The molecule has 1 aliphatic carbocycles. The predicted molar refractivity (Wildman–Crippen MR) is 91.1 cm³/mol. The van der Waals surface area contributed by atoms with Crippen LogP contribution in [0.15, 0.2) is 53.7 Å². The van der Waals surface area contributed by atoms with E-state index >= 15 is 0 Å². The lowest BCUT2D eigenvalue weighted by Crippen LogP contribution is -2.39. The van der Waals surface area contributed by atoms with E-state index in [1.165, 1.54) is 12.0 Å². The highest BCUT2D eigenvalue weighted by Crippen LogP contribution is 2.42. The second-order valence-corrected chi connectivity index (χ2v) is 6.04. The molecule has 0 spiro atoms. The first-order valence-electron chi connectivity index (χ1n) is 7.73. The lowest BCUT2D eigenvalue weighted by molar-refractivity contribution is 0.246. The standard InChI is InChI=1S/C18H22N4/c1-14-6-4-7-15(12-14)22-17(19)21-13-18(9-5-10-18)16-8-2-3-11-20-16/h2-4,6-8,11-12H,5,9-10,13H2,1H3,(H3,19,21,22). The van der Waals surface area contributed by atoms with Crippen molar-refractivity contribution in [1.82, 2.24) is 4.98 Å². The molecule has 0 radical (unpaired) electrons. The number of benzene rings is 1. The molecule has 1 aliphatic rings. The minimum Gasteiger partial charge on any atom is -0.370 e. The molecule has 22 heavy (non-hydrogen) atoms. The first-order chi connectivity index (χ1) is 10.7. The Bertz CT molecular complexity index is 660. The second kappa shape index (κ2) is 6.18. The van der Waals surface area contributed by atoms with Gasteiger partial charge in [0.05, 0.1) is 6.54 Å². The average molecular weight is 294 g/mol. The van der Waals surface area contributed by atoms with Gasteiger partial charge in [-0.2, -0.15) is 0 Å². The van der Waals surface area contributed by atoms with Crippen LogP contribution in [0.2, 0.25) is 0 Å². The van der Waals surface area contributed by atoms with Crippen molar-refractivity contribution in [2.24, 2.45) is 10.7 Å². The molecule has 0 amide bonds. The Hall–Kier alpha value is -2.36. The number of aliphatic imine (C=N–C) groups is 1. The van der Waals surface area contributed by atoms with E-state index in [-0.39, 0.29) is 5.41 Å². The van der Waals surface area contributed by atoms with Gasteiger partial charge in [-0.05, 0) is 49.6 Å². The van der Waals surface area contributed by atoms with Gasteiger partial charge in [0.2, 0.25) is 0 Å². The summed E-state index contributed by atoms with van der Waals surface area (Å²) in [6, 6.07) is 14.2. The highest BCUT2D eigenvalue weighted by atomic mass is 15.1. The number of aryl methyl sites for hydroxylation is 1. The van der Waals surface area contributed by atoms with Gasteiger partial charge in [0.25, 0.3) is 0 Å². The van der Waals surface area contributed by atoms with E-state index in [2.05, 4.69) is 40.4 Å². The fraction of sp³-hybridized carbons (Fsp3) is 0.333. The number of guanidine groups is 1. The Morgan fingerprint density at radius 1 is 1.27 bits per heavy atom. The van der Waals surface area contributed by atoms with Crippen molar-refractivity contribution in [3.8, 4) is 0 Å². The molecule has 4 nitrogen and oxygen atoms in total. The van der Waals surface area contributed by atoms with Crippen molar-refractivity contribution in [1.29, 1.82) is 0 Å². The monoisotopic (exact) mass is 294 g/mol. The largest absolute Gasteiger partial charge is 0.370 e. The SMILES string of the molecule is Cc1cccc(NC(N)=NCC2(c3ccccn3)CCC2)c1. The van der Waals surface area contributed by atoms with Gasteiger partial charge in [0.1, 0.15) is 0 Å². The zero-order valence-electron chi connectivity index (χ0n) is 12.9. The Labute approximate surface area is 131 Å². The average Bonchev–Trinajstić information content (AvgIpc) is 2.47. The number of nitrogens with one attached hydrogen (secondary N) is 1. The Kier molecular flexibility index (Phi) is 4.09. The van der Waals surface area contributed by atoms with Gasteiger partial charge in [-0.1, -0.05) is 24.6 Å². The molecule has 3 N–H and O–H groups in total. The van der Waals surface area contributed by atoms with Gasteiger partial charge in [0, 0.05) is 23.0 Å². The van der Waals surface area contributed by atoms with Crippen LogP contribution in [0.4, 0.5) is 5.69 Å². The topological polar surface area (TPSA) is 63.3 Å². The van der Waals surface area contributed by atoms with Crippen LogP contribution >= 0.6 is 0 Å². The van der Waals surface area contributed by atoms with Crippen LogP contribution in [0.25, 0.3) is 0 Å². The Balaban J connectivity index is 1.69. The molecule has 1 fully saturated rings. The molecule has 1 aromatic carbocycles. The molecular weight excluding hydrogens is 272 g/mol. The highest BCUT2D eigenvalue weighted by Gasteiger charge is 2.39. The lowest BCUT2D eigenvalue weighted by Gasteiger charge is -2.40. The summed E-state index contributed by atoms with van der Waals surface area (Å²) in [6.45, 7) is 2.75. The fourth-order valence-electron chi connectivity index (χ4n) is 2.92. The van der Waals surface area contributed by atoms with Crippen molar-refractivity contribution in [2.45, 2.75) is 31.6 Å². The van der Waals surface area contributed by atoms with E-state index in [9.17, 15) is 0 Å². The van der Waals surface area contributed by atoms with Crippen LogP contribution in [-0.2, 0) is 5.41 Å². The summed E-state index contributed by atoms with van der Waals surface area (Å²) in [4.78, 5) is 9.08. The first kappa shape index (κ1) is 14.6. The van der Waals surface area contributed by atoms with Crippen LogP contribution in [-0.4, -0.2) is 17.5 Å². The van der Waals surface area contributed by atoms with E-state index in [1.807, 2.05) is 30.5 Å².